The van der Waals surface area contributed by atoms with Crippen molar-refractivity contribution in [1.29, 1.82) is 0 Å². The lowest BCUT2D eigenvalue weighted by atomic mass is 9.70. The van der Waals surface area contributed by atoms with E-state index in [0.717, 1.165) is 11.3 Å². The Morgan fingerprint density at radius 3 is 2.24 bits per heavy atom. The number of Topliss-reactive ketones (excluding diaryl/α,β-unsaturated/α-hetero) is 2. The molecule has 1 heterocycles. The van der Waals surface area contributed by atoms with Crippen LogP contribution < -0.4 is 14.8 Å². The topological polar surface area (TPSA) is 122 Å². The number of phenols is 2. The van der Waals surface area contributed by atoms with Crippen molar-refractivity contribution < 1.29 is 34.1 Å². The summed E-state index contributed by atoms with van der Waals surface area (Å²) in [6.07, 6.45) is 1.22. The summed E-state index contributed by atoms with van der Waals surface area (Å²) in [5, 5.41) is 24.8. The predicted octanol–water partition coefficient (Wildman–Crippen LogP) is 4.56. The summed E-state index contributed by atoms with van der Waals surface area (Å²) in [7, 11) is 1.59. The number of hydrogen-bond acceptors (Lipinski definition) is 8. The molecule has 0 amide bonds. The Morgan fingerprint density at radius 1 is 1.08 bits per heavy atom. The second-order valence-corrected chi connectivity index (χ2v) is 10.0. The number of ketones is 3. The van der Waals surface area contributed by atoms with Gasteiger partial charge in [0, 0.05) is 17.3 Å². The summed E-state index contributed by atoms with van der Waals surface area (Å²) < 4.78 is 11.1. The number of carbonyl (C=O) groups is 3. The fourth-order valence-corrected chi connectivity index (χ4v) is 5.11. The summed E-state index contributed by atoms with van der Waals surface area (Å²) in [4.78, 5) is 39.6. The molecular formula is C29H31NO7. The second kappa shape index (κ2) is 9.10. The molecule has 1 aliphatic carbocycles. The van der Waals surface area contributed by atoms with E-state index in [1.807, 2.05) is 38.1 Å². The normalized spacial score (nSPS) is 20.6. The maximum Gasteiger partial charge on any atom is 0.194 e. The van der Waals surface area contributed by atoms with Crippen LogP contribution in [0.2, 0.25) is 0 Å². The Hall–Kier alpha value is -4.07. The van der Waals surface area contributed by atoms with Crippen LogP contribution in [0, 0.1) is 12.8 Å². The van der Waals surface area contributed by atoms with E-state index in [0.29, 0.717) is 5.70 Å². The Balaban J connectivity index is 1.84. The van der Waals surface area contributed by atoms with Crippen LogP contribution in [0.25, 0.3) is 0 Å². The molecule has 194 valence electrons. The van der Waals surface area contributed by atoms with E-state index in [-0.39, 0.29) is 51.5 Å². The van der Waals surface area contributed by atoms with Gasteiger partial charge in [0.25, 0.3) is 0 Å². The molecule has 0 saturated heterocycles. The summed E-state index contributed by atoms with van der Waals surface area (Å²) >= 11 is 0. The quantitative estimate of drug-likeness (QED) is 0.297. The van der Waals surface area contributed by atoms with E-state index in [9.17, 15) is 24.6 Å². The minimum Gasteiger partial charge on any atom is -0.507 e. The number of benzene rings is 2. The molecule has 3 N–H and O–H groups in total. The van der Waals surface area contributed by atoms with Gasteiger partial charge in [0.05, 0.1) is 24.3 Å². The Morgan fingerprint density at radius 2 is 1.70 bits per heavy atom. The van der Waals surface area contributed by atoms with Crippen molar-refractivity contribution in [3.8, 4) is 23.0 Å². The Bertz CT molecular complexity index is 1400. The first-order valence-electron chi connectivity index (χ1n) is 12.0. The zero-order chi connectivity index (χ0) is 27.4. The molecule has 2 aliphatic rings. The van der Waals surface area contributed by atoms with Crippen LogP contribution in [0.5, 0.6) is 23.0 Å². The molecule has 0 bridgehead atoms. The second-order valence-electron chi connectivity index (χ2n) is 10.0. The predicted molar refractivity (Wildman–Crippen MR) is 137 cm³/mol. The molecule has 2 unspecified atom stereocenters. The van der Waals surface area contributed by atoms with Crippen LogP contribution in [0.3, 0.4) is 0 Å². The minimum absolute atomic E-state index is 0.00686. The van der Waals surface area contributed by atoms with Crippen molar-refractivity contribution in [2.75, 3.05) is 7.11 Å². The monoisotopic (exact) mass is 505 g/mol. The molecule has 2 aromatic rings. The van der Waals surface area contributed by atoms with Crippen molar-refractivity contribution in [3.05, 3.63) is 69.6 Å². The third-order valence-electron chi connectivity index (χ3n) is 7.27. The lowest BCUT2D eigenvalue weighted by molar-refractivity contribution is -0.123. The van der Waals surface area contributed by atoms with E-state index in [4.69, 9.17) is 9.47 Å². The van der Waals surface area contributed by atoms with Crippen molar-refractivity contribution in [3.63, 3.8) is 0 Å². The number of methoxy groups -OCH3 is 1. The van der Waals surface area contributed by atoms with E-state index in [1.165, 1.54) is 19.9 Å². The highest BCUT2D eigenvalue weighted by atomic mass is 16.5. The molecule has 8 heteroatoms. The number of fused-ring (bicyclic) bond motifs is 3. The molecule has 1 aliphatic heterocycles. The van der Waals surface area contributed by atoms with Gasteiger partial charge in [-0.3, -0.25) is 14.4 Å². The first-order chi connectivity index (χ1) is 17.3. The highest BCUT2D eigenvalue weighted by Crippen LogP contribution is 2.57. The van der Waals surface area contributed by atoms with E-state index in [1.54, 1.807) is 21.0 Å². The molecule has 8 nitrogen and oxygen atoms in total. The maximum atomic E-state index is 14.0. The van der Waals surface area contributed by atoms with Crippen LogP contribution in [-0.4, -0.2) is 34.7 Å². The number of rotatable bonds is 6. The molecule has 0 saturated carbocycles. The SMILES string of the molecule is COc1ccc(C(NC(C)=C2C(=O)C=C3Oc4c(C(C)=O)c(O)c(C)c(O)c4C3(C)C2=O)C(C)C)cc1. The zero-order valence-corrected chi connectivity index (χ0v) is 22.0. The van der Waals surface area contributed by atoms with E-state index < -0.39 is 28.5 Å². The Labute approximate surface area is 215 Å². The molecule has 2 aromatic carbocycles. The standard InChI is InChI=1S/C29H31NO7/c1-13(2)24(17-8-10-18(36-7)11-9-17)30-15(4)21-19(32)12-20-29(6,28(21)35)23-26(34)14(3)25(33)22(16(5)31)27(23)37-20/h8-13,24,30,33-34H,1-7H3. The zero-order valence-electron chi connectivity index (χ0n) is 22.0. The third kappa shape index (κ3) is 3.87. The van der Waals surface area contributed by atoms with Gasteiger partial charge < -0.3 is 25.0 Å². The van der Waals surface area contributed by atoms with Gasteiger partial charge in [-0.25, -0.2) is 0 Å². The molecule has 2 atom stereocenters. The number of aromatic hydroxyl groups is 2. The van der Waals surface area contributed by atoms with Gasteiger partial charge in [-0.2, -0.15) is 0 Å². The van der Waals surface area contributed by atoms with Gasteiger partial charge in [-0.05, 0) is 51.3 Å². The van der Waals surface area contributed by atoms with E-state index >= 15 is 0 Å². The summed E-state index contributed by atoms with van der Waals surface area (Å²) in [5.74, 6) is -1.64. The molecule has 37 heavy (non-hydrogen) atoms. The lowest BCUT2D eigenvalue weighted by Crippen LogP contribution is -2.41. The summed E-state index contributed by atoms with van der Waals surface area (Å²) in [6, 6.07) is 7.34. The first kappa shape index (κ1) is 26.0. The number of ether oxygens (including phenoxy) is 2. The van der Waals surface area contributed by atoms with Crippen LogP contribution in [0.4, 0.5) is 0 Å². The average Bonchev–Trinajstić information content (AvgIpc) is 3.13. The number of allylic oxidation sites excluding steroid dienone is 4. The van der Waals surface area contributed by atoms with Gasteiger partial charge in [0.1, 0.15) is 39.7 Å². The Kier molecular flexibility index (Phi) is 6.40. The van der Waals surface area contributed by atoms with Crippen molar-refractivity contribution in [2.45, 2.75) is 53.0 Å². The maximum absolute atomic E-state index is 14.0. The van der Waals surface area contributed by atoms with E-state index in [2.05, 4.69) is 5.32 Å². The summed E-state index contributed by atoms with van der Waals surface area (Å²) in [5.41, 5.74) is -0.285. The van der Waals surface area contributed by atoms with Gasteiger partial charge >= 0.3 is 0 Å². The number of hydrogen-bond donors (Lipinski definition) is 3. The van der Waals surface area contributed by atoms with Crippen molar-refractivity contribution in [2.24, 2.45) is 5.92 Å². The largest absolute Gasteiger partial charge is 0.507 e. The van der Waals surface area contributed by atoms with Crippen LogP contribution in [-0.2, 0) is 15.0 Å². The lowest BCUT2D eigenvalue weighted by Gasteiger charge is -2.31. The molecule has 0 fully saturated rings. The highest BCUT2D eigenvalue weighted by Gasteiger charge is 2.56. The molecule has 0 aromatic heterocycles. The molecule has 0 radical (unpaired) electrons. The average molecular weight is 506 g/mol. The first-order valence-corrected chi connectivity index (χ1v) is 12.0. The van der Waals surface area contributed by atoms with Gasteiger partial charge in [-0.15, -0.1) is 0 Å². The van der Waals surface area contributed by atoms with Gasteiger partial charge in [-0.1, -0.05) is 26.0 Å². The van der Waals surface area contributed by atoms with Crippen LogP contribution in [0.1, 0.15) is 67.7 Å². The summed E-state index contributed by atoms with van der Waals surface area (Å²) in [6.45, 7) is 9.99. The fraction of sp³-hybridized carbons (Fsp3) is 0.345. The third-order valence-corrected chi connectivity index (χ3v) is 7.27. The van der Waals surface area contributed by atoms with Crippen LogP contribution in [0.15, 0.2) is 47.4 Å². The molecular weight excluding hydrogens is 474 g/mol. The number of carbonyl (C=O) groups excluding carboxylic acids is 3. The number of phenolic OH excluding ortho intramolecular Hbond substituents is 2. The number of nitrogens with one attached hydrogen (secondary N) is 1. The van der Waals surface area contributed by atoms with Gasteiger partial charge in [0.15, 0.2) is 17.3 Å². The molecule has 0 spiro atoms. The minimum atomic E-state index is -1.55. The van der Waals surface area contributed by atoms with Gasteiger partial charge in [0.2, 0.25) is 0 Å². The smallest absolute Gasteiger partial charge is 0.194 e. The fourth-order valence-electron chi connectivity index (χ4n) is 5.11. The highest BCUT2D eigenvalue weighted by molar-refractivity contribution is 6.31. The van der Waals surface area contributed by atoms with Crippen LogP contribution >= 0.6 is 0 Å². The van der Waals surface area contributed by atoms with Crippen molar-refractivity contribution in [1.82, 2.24) is 5.32 Å². The van der Waals surface area contributed by atoms with Crippen molar-refractivity contribution >= 4 is 17.3 Å². The molecule has 4 rings (SSSR count).